The van der Waals surface area contributed by atoms with Crippen LogP contribution in [0.5, 0.6) is 11.5 Å². The van der Waals surface area contributed by atoms with E-state index in [0.29, 0.717) is 28.4 Å². The molecule has 0 saturated carbocycles. The molecule has 1 aliphatic rings. The zero-order valence-electron chi connectivity index (χ0n) is 16.5. The highest BCUT2D eigenvalue weighted by atomic mass is 32.1. The van der Waals surface area contributed by atoms with Crippen LogP contribution in [-0.2, 0) is 0 Å². The van der Waals surface area contributed by atoms with Gasteiger partial charge in [-0.05, 0) is 17.7 Å². The van der Waals surface area contributed by atoms with Crippen molar-refractivity contribution in [1.82, 2.24) is 15.0 Å². The summed E-state index contributed by atoms with van der Waals surface area (Å²) in [4.78, 5) is 25.0. The van der Waals surface area contributed by atoms with Crippen LogP contribution >= 0.6 is 11.3 Å². The topological polar surface area (TPSA) is 101 Å². The maximum absolute atomic E-state index is 12.5. The van der Waals surface area contributed by atoms with Crippen LogP contribution in [0.3, 0.4) is 0 Å². The highest BCUT2D eigenvalue weighted by Gasteiger charge is 2.15. The molecular weight excluding hydrogens is 426 g/mol. The summed E-state index contributed by atoms with van der Waals surface area (Å²) in [6.07, 6.45) is 2.97. The first-order valence-corrected chi connectivity index (χ1v) is 10.7. The van der Waals surface area contributed by atoms with Crippen molar-refractivity contribution in [2.24, 2.45) is 5.10 Å². The molecule has 0 atom stereocenters. The number of hydrogen-bond donors (Lipinski definition) is 2. The number of nitrogens with zero attached hydrogens (tertiary/aromatic N) is 3. The van der Waals surface area contributed by atoms with E-state index in [1.807, 2.05) is 36.4 Å². The predicted octanol–water partition coefficient (Wildman–Crippen LogP) is 4.37. The monoisotopic (exact) mass is 441 g/mol. The number of hydrogen-bond acceptors (Lipinski definition) is 8. The van der Waals surface area contributed by atoms with E-state index in [1.165, 1.54) is 12.5 Å². The van der Waals surface area contributed by atoms with E-state index >= 15 is 0 Å². The van der Waals surface area contributed by atoms with Gasteiger partial charge in [-0.1, -0.05) is 30.3 Å². The van der Waals surface area contributed by atoms with Gasteiger partial charge in [-0.25, -0.2) is 9.97 Å². The van der Waals surface area contributed by atoms with Crippen molar-refractivity contribution < 1.29 is 9.47 Å². The van der Waals surface area contributed by atoms with Crippen LogP contribution < -0.4 is 20.5 Å². The quantitative estimate of drug-likeness (QED) is 0.317. The number of fused-ring (bicyclic) bond motifs is 3. The number of benzene rings is 2. The normalized spacial score (nSPS) is 12.8. The van der Waals surface area contributed by atoms with Crippen LogP contribution in [0.15, 0.2) is 70.1 Å². The van der Waals surface area contributed by atoms with Gasteiger partial charge in [0.2, 0.25) is 6.79 Å². The first-order valence-electron chi connectivity index (χ1n) is 9.80. The lowest BCUT2D eigenvalue weighted by Gasteiger charge is -2.05. The summed E-state index contributed by atoms with van der Waals surface area (Å²) in [5.74, 6) is 1.85. The SMILES string of the molecule is O=c1[nH]c2cc3c(cc2cc1/C=N\Nc1ncnc2scc(-c4ccccc4)c12)OCO3. The zero-order valence-corrected chi connectivity index (χ0v) is 17.3. The predicted molar refractivity (Wildman–Crippen MR) is 125 cm³/mol. The average molecular weight is 441 g/mol. The van der Waals surface area contributed by atoms with E-state index in [9.17, 15) is 4.79 Å². The Morgan fingerprint density at radius 1 is 1.09 bits per heavy atom. The Labute approximate surface area is 185 Å². The number of hydrazone groups is 1. The van der Waals surface area contributed by atoms with Crippen LogP contribution in [-0.4, -0.2) is 28.0 Å². The third-order valence-corrected chi connectivity index (χ3v) is 6.08. The molecule has 0 saturated heterocycles. The fourth-order valence-electron chi connectivity index (χ4n) is 3.66. The van der Waals surface area contributed by atoms with Gasteiger partial charge in [0.25, 0.3) is 5.56 Å². The number of aromatic amines is 1. The van der Waals surface area contributed by atoms with E-state index in [4.69, 9.17) is 9.47 Å². The molecule has 2 aromatic carbocycles. The molecule has 5 aromatic rings. The Kier molecular flexibility index (Phi) is 4.32. The second-order valence-corrected chi connectivity index (χ2v) is 7.99. The van der Waals surface area contributed by atoms with Crippen LogP contribution in [0.25, 0.3) is 32.2 Å². The molecule has 156 valence electrons. The minimum atomic E-state index is -0.254. The van der Waals surface area contributed by atoms with Crippen molar-refractivity contribution >= 4 is 44.5 Å². The lowest BCUT2D eigenvalue weighted by molar-refractivity contribution is 0.174. The maximum atomic E-state index is 12.5. The fraction of sp³-hybridized carbons (Fsp3) is 0.0435. The summed E-state index contributed by atoms with van der Waals surface area (Å²) in [6, 6.07) is 15.4. The Balaban J connectivity index is 1.35. The highest BCUT2D eigenvalue weighted by molar-refractivity contribution is 7.17. The molecule has 0 radical (unpaired) electrons. The second-order valence-electron chi connectivity index (χ2n) is 7.13. The van der Waals surface area contributed by atoms with E-state index in [2.05, 4.69) is 30.9 Å². The van der Waals surface area contributed by atoms with E-state index in [1.54, 1.807) is 23.5 Å². The van der Waals surface area contributed by atoms with E-state index in [0.717, 1.165) is 26.7 Å². The summed E-state index contributed by atoms with van der Waals surface area (Å²) < 4.78 is 10.8. The lowest BCUT2D eigenvalue weighted by atomic mass is 10.1. The van der Waals surface area contributed by atoms with E-state index in [-0.39, 0.29) is 12.4 Å². The molecule has 1 aliphatic heterocycles. The van der Waals surface area contributed by atoms with Crippen molar-refractivity contribution in [2.45, 2.75) is 0 Å². The first-order chi connectivity index (χ1) is 15.8. The van der Waals surface area contributed by atoms with Gasteiger partial charge in [0.1, 0.15) is 11.2 Å². The molecule has 0 unspecified atom stereocenters. The molecular formula is C23H15N5O3S. The van der Waals surface area contributed by atoms with Crippen LogP contribution in [0.1, 0.15) is 5.56 Å². The van der Waals surface area contributed by atoms with E-state index < -0.39 is 0 Å². The number of H-pyrrole nitrogens is 1. The van der Waals surface area contributed by atoms with Crippen LogP contribution in [0.4, 0.5) is 5.82 Å². The van der Waals surface area contributed by atoms with Gasteiger partial charge in [-0.2, -0.15) is 5.10 Å². The summed E-state index contributed by atoms with van der Waals surface area (Å²) in [5, 5.41) is 8.05. The van der Waals surface area contributed by atoms with Gasteiger partial charge >= 0.3 is 0 Å². The molecule has 0 amide bonds. The maximum Gasteiger partial charge on any atom is 0.257 e. The summed E-state index contributed by atoms with van der Waals surface area (Å²) >= 11 is 1.55. The van der Waals surface area contributed by atoms with Gasteiger partial charge in [-0.15, -0.1) is 11.3 Å². The Hall–Kier alpha value is -4.24. The molecule has 0 bridgehead atoms. The number of thiophene rings is 1. The van der Waals surface area contributed by atoms with Crippen LogP contribution in [0, 0.1) is 0 Å². The lowest BCUT2D eigenvalue weighted by Crippen LogP contribution is -2.12. The number of aromatic nitrogens is 3. The van der Waals surface area contributed by atoms with Crippen molar-refractivity contribution in [3.8, 4) is 22.6 Å². The third-order valence-electron chi connectivity index (χ3n) is 5.20. The minimum absolute atomic E-state index is 0.176. The Morgan fingerprint density at radius 3 is 2.81 bits per heavy atom. The molecule has 32 heavy (non-hydrogen) atoms. The van der Waals surface area contributed by atoms with Gasteiger partial charge < -0.3 is 14.5 Å². The molecule has 2 N–H and O–H groups in total. The van der Waals surface area contributed by atoms with Gasteiger partial charge in [0.05, 0.1) is 22.7 Å². The van der Waals surface area contributed by atoms with Crippen molar-refractivity contribution in [3.63, 3.8) is 0 Å². The molecule has 9 heteroatoms. The minimum Gasteiger partial charge on any atom is -0.454 e. The van der Waals surface area contributed by atoms with Gasteiger partial charge in [0.15, 0.2) is 17.3 Å². The first kappa shape index (κ1) is 18.5. The third kappa shape index (κ3) is 3.15. The highest BCUT2D eigenvalue weighted by Crippen LogP contribution is 2.37. The smallest absolute Gasteiger partial charge is 0.257 e. The summed E-state index contributed by atoms with van der Waals surface area (Å²) in [7, 11) is 0. The largest absolute Gasteiger partial charge is 0.454 e. The molecule has 3 aromatic heterocycles. The Bertz CT molecular complexity index is 1560. The summed E-state index contributed by atoms with van der Waals surface area (Å²) in [5.41, 5.74) is 5.91. The zero-order chi connectivity index (χ0) is 21.5. The van der Waals surface area contributed by atoms with Crippen molar-refractivity contribution in [1.29, 1.82) is 0 Å². The van der Waals surface area contributed by atoms with Gasteiger partial charge in [0, 0.05) is 22.4 Å². The second kappa shape index (κ2) is 7.47. The molecule has 6 rings (SSSR count). The molecule has 0 spiro atoms. The number of rotatable bonds is 4. The average Bonchev–Trinajstić information content (AvgIpc) is 3.45. The van der Waals surface area contributed by atoms with Crippen LogP contribution in [0.2, 0.25) is 0 Å². The standard InChI is InChI=1S/C23H15N5O3S/c29-22-15(6-14-7-18-19(31-12-30-18)8-17(14)27-22)9-26-28-21-20-16(13-4-2-1-3-5-13)10-32-23(20)25-11-24-21/h1-11H,12H2,(H,27,29)(H,24,25,28)/b26-9-. The molecule has 0 aliphatic carbocycles. The fourth-order valence-corrected chi connectivity index (χ4v) is 4.58. The van der Waals surface area contributed by atoms with Crippen molar-refractivity contribution in [2.75, 3.05) is 12.2 Å². The molecule has 8 nitrogen and oxygen atoms in total. The Morgan fingerprint density at radius 2 is 1.94 bits per heavy atom. The number of ether oxygens (including phenoxy) is 2. The number of nitrogens with one attached hydrogen (secondary N) is 2. The summed E-state index contributed by atoms with van der Waals surface area (Å²) in [6.45, 7) is 0.176. The number of pyridine rings is 1. The molecule has 4 heterocycles. The number of anilines is 1. The van der Waals surface area contributed by atoms with Crippen molar-refractivity contribution in [3.05, 3.63) is 76.2 Å². The molecule has 0 fully saturated rings. The van der Waals surface area contributed by atoms with Gasteiger partial charge in [-0.3, -0.25) is 10.2 Å².